The zero-order valence-electron chi connectivity index (χ0n) is 16.1. The molecule has 1 N–H and O–H groups in total. The molecule has 4 heteroatoms. The van der Waals surface area contributed by atoms with Gasteiger partial charge < -0.3 is 14.8 Å². The minimum atomic E-state index is -0.0617. The van der Waals surface area contributed by atoms with Crippen LogP contribution in [0.3, 0.4) is 0 Å². The number of ether oxygens (including phenoxy) is 2. The van der Waals surface area contributed by atoms with Crippen molar-refractivity contribution in [2.75, 3.05) is 13.2 Å². The van der Waals surface area contributed by atoms with Gasteiger partial charge in [-0.05, 0) is 54.4 Å². The molecule has 2 aromatic rings. The second kappa shape index (κ2) is 7.50. The fourth-order valence-electron chi connectivity index (χ4n) is 5.03. The van der Waals surface area contributed by atoms with Gasteiger partial charge in [0.05, 0.1) is 6.04 Å². The smallest absolute Gasteiger partial charge is 0.224 e. The van der Waals surface area contributed by atoms with Crippen molar-refractivity contribution in [3.63, 3.8) is 0 Å². The predicted octanol–water partition coefficient (Wildman–Crippen LogP) is 4.29. The van der Waals surface area contributed by atoms with Crippen LogP contribution in [0.4, 0.5) is 0 Å². The van der Waals surface area contributed by atoms with Crippen LogP contribution in [0, 0.1) is 17.8 Å². The van der Waals surface area contributed by atoms with Crippen LogP contribution in [-0.2, 0) is 11.2 Å². The van der Waals surface area contributed by atoms with Crippen molar-refractivity contribution < 1.29 is 14.3 Å². The number of benzene rings is 2. The van der Waals surface area contributed by atoms with Crippen LogP contribution in [-0.4, -0.2) is 19.1 Å². The standard InChI is InChI=1S/C24H27NO3/c26-24(23-18-8-4-5-9-19(18)23)25-20(14-16-6-2-1-3-7-16)17-10-11-21-22(15-17)28-13-12-27-21/h1-3,6-7,10-11,15,18-20,23H,4-5,8-9,12-14H2,(H,25,26)/t18-,19-,20+/m0/s1. The third-order valence-corrected chi connectivity index (χ3v) is 6.53. The number of hydrogen-bond acceptors (Lipinski definition) is 3. The molecule has 1 heterocycles. The van der Waals surface area contributed by atoms with Crippen LogP contribution in [0.15, 0.2) is 48.5 Å². The van der Waals surface area contributed by atoms with Gasteiger partial charge in [-0.25, -0.2) is 0 Å². The number of carbonyl (C=O) groups excluding carboxylic acids is 1. The highest BCUT2D eigenvalue weighted by Crippen LogP contribution is 2.55. The van der Waals surface area contributed by atoms with Gasteiger partial charge in [0.1, 0.15) is 13.2 Å². The Bertz CT molecular complexity index is 838. The molecule has 1 aliphatic heterocycles. The van der Waals surface area contributed by atoms with Crippen LogP contribution in [0.5, 0.6) is 11.5 Å². The molecular formula is C24H27NO3. The summed E-state index contributed by atoms with van der Waals surface area (Å²) in [6.45, 7) is 1.15. The van der Waals surface area contributed by atoms with Gasteiger partial charge >= 0.3 is 0 Å². The number of carbonyl (C=O) groups is 1. The average Bonchev–Trinajstić information content (AvgIpc) is 3.48. The van der Waals surface area contributed by atoms with Gasteiger partial charge in [0.15, 0.2) is 11.5 Å². The van der Waals surface area contributed by atoms with Gasteiger partial charge in [-0.3, -0.25) is 4.79 Å². The third kappa shape index (κ3) is 3.48. The first-order valence-electron chi connectivity index (χ1n) is 10.5. The minimum Gasteiger partial charge on any atom is -0.486 e. The second-order valence-corrected chi connectivity index (χ2v) is 8.29. The lowest BCUT2D eigenvalue weighted by atomic mass is 9.98. The van der Waals surface area contributed by atoms with Crippen molar-refractivity contribution in [2.24, 2.45) is 17.8 Å². The first kappa shape index (κ1) is 17.6. The Balaban J connectivity index is 1.38. The Morgan fingerprint density at radius 2 is 1.68 bits per heavy atom. The van der Waals surface area contributed by atoms with Gasteiger partial charge in [0.25, 0.3) is 0 Å². The topological polar surface area (TPSA) is 47.6 Å². The highest BCUT2D eigenvalue weighted by atomic mass is 16.6. The van der Waals surface area contributed by atoms with Gasteiger partial charge in [-0.1, -0.05) is 49.2 Å². The minimum absolute atomic E-state index is 0.0617. The highest BCUT2D eigenvalue weighted by Gasteiger charge is 2.54. The SMILES string of the molecule is O=C(N[C@H](Cc1ccccc1)c1ccc2c(c1)OCCO2)C1[C@H]2CCCC[C@H]12. The van der Waals surface area contributed by atoms with Gasteiger partial charge in [0, 0.05) is 5.92 Å². The lowest BCUT2D eigenvalue weighted by Crippen LogP contribution is -2.32. The summed E-state index contributed by atoms with van der Waals surface area (Å²) in [4.78, 5) is 13.1. The maximum Gasteiger partial charge on any atom is 0.224 e. The van der Waals surface area contributed by atoms with Crippen molar-refractivity contribution >= 4 is 5.91 Å². The molecule has 0 radical (unpaired) electrons. The number of nitrogens with one attached hydrogen (secondary N) is 1. The molecule has 0 aromatic heterocycles. The quantitative estimate of drug-likeness (QED) is 0.845. The lowest BCUT2D eigenvalue weighted by molar-refractivity contribution is -0.123. The maximum absolute atomic E-state index is 13.1. The molecule has 2 saturated carbocycles. The third-order valence-electron chi connectivity index (χ3n) is 6.53. The molecule has 5 rings (SSSR count). The molecule has 2 fully saturated rings. The molecule has 0 bridgehead atoms. The van der Waals surface area contributed by atoms with Gasteiger partial charge in [0.2, 0.25) is 5.91 Å². The van der Waals surface area contributed by atoms with Gasteiger partial charge in [-0.2, -0.15) is 0 Å². The molecule has 2 aliphatic carbocycles. The van der Waals surface area contributed by atoms with Crippen LogP contribution in [0.25, 0.3) is 0 Å². The van der Waals surface area contributed by atoms with Crippen LogP contribution in [0.2, 0.25) is 0 Å². The summed E-state index contributed by atoms with van der Waals surface area (Å²) in [5, 5.41) is 3.37. The zero-order chi connectivity index (χ0) is 18.9. The Morgan fingerprint density at radius 1 is 0.964 bits per heavy atom. The summed E-state index contributed by atoms with van der Waals surface area (Å²) in [7, 11) is 0. The van der Waals surface area contributed by atoms with Crippen LogP contribution < -0.4 is 14.8 Å². The molecule has 28 heavy (non-hydrogen) atoms. The van der Waals surface area contributed by atoms with E-state index in [2.05, 4.69) is 23.5 Å². The number of amides is 1. The van der Waals surface area contributed by atoms with E-state index in [0.29, 0.717) is 25.0 Å². The van der Waals surface area contributed by atoms with Crippen LogP contribution >= 0.6 is 0 Å². The monoisotopic (exact) mass is 377 g/mol. The molecule has 3 aliphatic rings. The first-order chi connectivity index (χ1) is 13.8. The van der Waals surface area contributed by atoms with Gasteiger partial charge in [-0.15, -0.1) is 0 Å². The fourth-order valence-corrected chi connectivity index (χ4v) is 5.03. The van der Waals surface area contributed by atoms with E-state index in [1.807, 2.05) is 30.3 Å². The van der Waals surface area contributed by atoms with E-state index in [0.717, 1.165) is 23.5 Å². The van der Waals surface area contributed by atoms with E-state index >= 15 is 0 Å². The summed E-state index contributed by atoms with van der Waals surface area (Å²) in [6, 6.07) is 16.3. The molecule has 1 amide bonds. The lowest BCUT2D eigenvalue weighted by Gasteiger charge is -2.23. The molecule has 2 aromatic carbocycles. The average molecular weight is 377 g/mol. The molecule has 0 spiro atoms. The van der Waals surface area contributed by atoms with Crippen molar-refractivity contribution in [1.29, 1.82) is 0 Å². The van der Waals surface area contributed by atoms with Crippen molar-refractivity contribution in [1.82, 2.24) is 5.32 Å². The summed E-state index contributed by atoms with van der Waals surface area (Å²) in [5.41, 5.74) is 2.29. The molecule has 3 atom stereocenters. The number of fused-ring (bicyclic) bond motifs is 2. The summed E-state index contributed by atoms with van der Waals surface area (Å²) < 4.78 is 11.4. The normalized spacial score (nSPS) is 26.1. The Kier molecular flexibility index (Phi) is 4.71. The number of rotatable bonds is 5. The second-order valence-electron chi connectivity index (χ2n) is 8.29. The fraction of sp³-hybridized carbons (Fsp3) is 0.458. The molecule has 146 valence electrons. The maximum atomic E-state index is 13.1. The first-order valence-corrected chi connectivity index (χ1v) is 10.5. The highest BCUT2D eigenvalue weighted by molar-refractivity contribution is 5.82. The summed E-state index contributed by atoms with van der Waals surface area (Å²) >= 11 is 0. The number of hydrogen-bond donors (Lipinski definition) is 1. The largest absolute Gasteiger partial charge is 0.486 e. The van der Waals surface area contributed by atoms with Crippen molar-refractivity contribution in [3.05, 3.63) is 59.7 Å². The Morgan fingerprint density at radius 3 is 2.43 bits per heavy atom. The summed E-state index contributed by atoms with van der Waals surface area (Å²) in [5.74, 6) is 3.24. The predicted molar refractivity (Wildman–Crippen MR) is 107 cm³/mol. The van der Waals surface area contributed by atoms with E-state index in [1.54, 1.807) is 0 Å². The Labute approximate surface area is 166 Å². The van der Waals surface area contributed by atoms with E-state index < -0.39 is 0 Å². The molecule has 0 saturated heterocycles. The van der Waals surface area contributed by atoms with E-state index in [1.165, 1.54) is 31.2 Å². The van der Waals surface area contributed by atoms with E-state index in [4.69, 9.17) is 9.47 Å². The molecule has 4 nitrogen and oxygen atoms in total. The van der Waals surface area contributed by atoms with E-state index in [9.17, 15) is 4.79 Å². The van der Waals surface area contributed by atoms with E-state index in [-0.39, 0.29) is 17.9 Å². The molecular weight excluding hydrogens is 350 g/mol. The zero-order valence-corrected chi connectivity index (χ0v) is 16.1. The Hall–Kier alpha value is -2.49. The van der Waals surface area contributed by atoms with Crippen LogP contribution in [0.1, 0.15) is 42.9 Å². The van der Waals surface area contributed by atoms with Crippen molar-refractivity contribution in [2.45, 2.75) is 38.1 Å². The summed E-state index contributed by atoms with van der Waals surface area (Å²) in [6.07, 6.45) is 5.77. The van der Waals surface area contributed by atoms with Crippen molar-refractivity contribution in [3.8, 4) is 11.5 Å². The molecule has 0 unspecified atom stereocenters.